The molecule has 5 heteroatoms. The molecule has 0 aromatic rings. The number of likely N-dealkylation sites (tertiary alicyclic amines) is 1. The molecule has 1 aliphatic heterocycles. The van der Waals surface area contributed by atoms with Gasteiger partial charge in [-0.15, -0.1) is 0 Å². The molecule has 1 saturated heterocycles. The van der Waals surface area contributed by atoms with Gasteiger partial charge in [0, 0.05) is 6.04 Å². The van der Waals surface area contributed by atoms with Crippen LogP contribution in [0.5, 0.6) is 0 Å². The molecule has 0 aromatic heterocycles. The minimum absolute atomic E-state index is 0.194. The molecule has 1 aliphatic carbocycles. The van der Waals surface area contributed by atoms with E-state index in [2.05, 4.69) is 0 Å². The standard InChI is InChI=1S/C13H21NO4/c1-4-17-12(15)11-6-9-5-10(9)14(11)13(16)18-7-8(2)3/h8-11H,4-7H2,1-3H3. The lowest BCUT2D eigenvalue weighted by Gasteiger charge is -2.25. The fourth-order valence-electron chi connectivity index (χ4n) is 2.48. The Morgan fingerprint density at radius 1 is 1.28 bits per heavy atom. The van der Waals surface area contributed by atoms with Gasteiger partial charge in [0.2, 0.25) is 0 Å². The quantitative estimate of drug-likeness (QED) is 0.719. The van der Waals surface area contributed by atoms with Crippen molar-refractivity contribution >= 4 is 12.1 Å². The van der Waals surface area contributed by atoms with Crippen LogP contribution in [0.3, 0.4) is 0 Å². The van der Waals surface area contributed by atoms with Gasteiger partial charge in [-0.05, 0) is 31.6 Å². The van der Waals surface area contributed by atoms with E-state index >= 15 is 0 Å². The topological polar surface area (TPSA) is 55.8 Å². The van der Waals surface area contributed by atoms with Gasteiger partial charge in [-0.25, -0.2) is 9.59 Å². The highest BCUT2D eigenvalue weighted by molar-refractivity contribution is 5.83. The molecular formula is C13H21NO4. The molecule has 2 aliphatic rings. The van der Waals surface area contributed by atoms with Crippen LogP contribution in [0, 0.1) is 11.8 Å². The van der Waals surface area contributed by atoms with Crippen LogP contribution in [0.1, 0.15) is 33.6 Å². The summed E-state index contributed by atoms with van der Waals surface area (Å²) in [5.74, 6) is 0.463. The van der Waals surface area contributed by atoms with Gasteiger partial charge in [0.1, 0.15) is 6.04 Å². The van der Waals surface area contributed by atoms with E-state index in [0.717, 1.165) is 12.8 Å². The Kier molecular flexibility index (Phi) is 3.78. The molecule has 0 spiro atoms. The zero-order valence-corrected chi connectivity index (χ0v) is 11.2. The molecule has 1 heterocycles. The van der Waals surface area contributed by atoms with Crippen molar-refractivity contribution in [2.75, 3.05) is 13.2 Å². The Morgan fingerprint density at radius 2 is 2.00 bits per heavy atom. The van der Waals surface area contributed by atoms with Crippen LogP contribution in [-0.4, -0.2) is 42.3 Å². The molecule has 1 saturated carbocycles. The second-order valence-electron chi connectivity index (χ2n) is 5.44. The number of carbonyl (C=O) groups excluding carboxylic acids is 2. The van der Waals surface area contributed by atoms with E-state index in [1.165, 1.54) is 0 Å². The number of fused-ring (bicyclic) bond motifs is 1. The fourth-order valence-corrected chi connectivity index (χ4v) is 2.48. The number of nitrogens with zero attached hydrogens (tertiary/aromatic N) is 1. The maximum atomic E-state index is 12.0. The van der Waals surface area contributed by atoms with Crippen molar-refractivity contribution in [1.82, 2.24) is 4.90 Å². The third kappa shape index (κ3) is 2.60. The minimum atomic E-state index is -0.437. The van der Waals surface area contributed by atoms with E-state index in [0.29, 0.717) is 25.0 Å². The Morgan fingerprint density at radius 3 is 2.61 bits per heavy atom. The number of ether oxygens (including phenoxy) is 2. The SMILES string of the molecule is CCOC(=O)C1CC2CC2N1C(=O)OCC(C)C. The maximum absolute atomic E-state index is 12.0. The number of piperidine rings is 1. The molecule has 102 valence electrons. The summed E-state index contributed by atoms with van der Waals surface area (Å²) in [5, 5.41) is 0. The van der Waals surface area contributed by atoms with Gasteiger partial charge in [0.05, 0.1) is 13.2 Å². The highest BCUT2D eigenvalue weighted by atomic mass is 16.6. The van der Waals surface area contributed by atoms with E-state index in [4.69, 9.17) is 9.47 Å². The molecule has 3 atom stereocenters. The minimum Gasteiger partial charge on any atom is -0.464 e. The van der Waals surface area contributed by atoms with Crippen LogP contribution in [-0.2, 0) is 14.3 Å². The lowest BCUT2D eigenvalue weighted by atomic mass is 10.2. The summed E-state index contributed by atoms with van der Waals surface area (Å²) >= 11 is 0. The highest BCUT2D eigenvalue weighted by Crippen LogP contribution is 2.48. The number of carbonyl (C=O) groups is 2. The third-order valence-corrected chi connectivity index (χ3v) is 3.41. The van der Waals surface area contributed by atoms with Crippen molar-refractivity contribution in [1.29, 1.82) is 0 Å². The Bertz CT molecular complexity index is 342. The summed E-state index contributed by atoms with van der Waals surface area (Å²) in [6.07, 6.45) is 1.35. The van der Waals surface area contributed by atoms with E-state index in [9.17, 15) is 9.59 Å². The summed E-state index contributed by atoms with van der Waals surface area (Å²) in [7, 11) is 0. The van der Waals surface area contributed by atoms with E-state index < -0.39 is 6.04 Å². The first kappa shape index (κ1) is 13.2. The van der Waals surface area contributed by atoms with Crippen LogP contribution in [0.2, 0.25) is 0 Å². The van der Waals surface area contributed by atoms with Crippen molar-refractivity contribution in [3.05, 3.63) is 0 Å². The van der Waals surface area contributed by atoms with Crippen molar-refractivity contribution in [2.45, 2.75) is 45.7 Å². The lowest BCUT2D eigenvalue weighted by molar-refractivity contribution is -0.148. The van der Waals surface area contributed by atoms with E-state index in [-0.39, 0.29) is 18.1 Å². The van der Waals surface area contributed by atoms with Crippen LogP contribution >= 0.6 is 0 Å². The number of esters is 1. The lowest BCUT2D eigenvalue weighted by Crippen LogP contribution is -2.44. The predicted molar refractivity (Wildman–Crippen MR) is 65.0 cm³/mol. The van der Waals surface area contributed by atoms with Crippen molar-refractivity contribution in [3.63, 3.8) is 0 Å². The van der Waals surface area contributed by atoms with E-state index in [1.807, 2.05) is 13.8 Å². The molecule has 2 fully saturated rings. The second-order valence-corrected chi connectivity index (χ2v) is 5.44. The smallest absolute Gasteiger partial charge is 0.410 e. The zero-order chi connectivity index (χ0) is 13.3. The predicted octanol–water partition coefficient (Wildman–Crippen LogP) is 1.80. The Labute approximate surface area is 107 Å². The van der Waals surface area contributed by atoms with Crippen LogP contribution < -0.4 is 0 Å². The molecule has 1 amide bonds. The average molecular weight is 255 g/mol. The first-order valence-corrected chi connectivity index (χ1v) is 6.66. The van der Waals surface area contributed by atoms with Gasteiger partial charge in [0.15, 0.2) is 0 Å². The van der Waals surface area contributed by atoms with Gasteiger partial charge in [-0.2, -0.15) is 0 Å². The molecular weight excluding hydrogens is 234 g/mol. The normalized spacial score (nSPS) is 29.1. The molecule has 0 aromatic carbocycles. The summed E-state index contributed by atoms with van der Waals surface area (Å²) in [4.78, 5) is 25.4. The molecule has 0 radical (unpaired) electrons. The summed E-state index contributed by atoms with van der Waals surface area (Å²) < 4.78 is 10.2. The van der Waals surface area contributed by atoms with Crippen molar-refractivity contribution in [2.24, 2.45) is 11.8 Å². The number of rotatable bonds is 4. The zero-order valence-electron chi connectivity index (χ0n) is 11.2. The maximum Gasteiger partial charge on any atom is 0.410 e. The fraction of sp³-hybridized carbons (Fsp3) is 0.846. The Hall–Kier alpha value is -1.26. The molecule has 5 nitrogen and oxygen atoms in total. The third-order valence-electron chi connectivity index (χ3n) is 3.41. The van der Waals surface area contributed by atoms with Crippen molar-refractivity contribution in [3.8, 4) is 0 Å². The highest BCUT2D eigenvalue weighted by Gasteiger charge is 2.57. The molecule has 3 unspecified atom stereocenters. The summed E-state index contributed by atoms with van der Waals surface area (Å²) in [6, 6.07) is -0.243. The number of hydrogen-bond acceptors (Lipinski definition) is 4. The van der Waals surface area contributed by atoms with E-state index in [1.54, 1.807) is 11.8 Å². The molecule has 2 rings (SSSR count). The van der Waals surface area contributed by atoms with Crippen LogP contribution in [0.4, 0.5) is 4.79 Å². The van der Waals surface area contributed by atoms with Crippen LogP contribution in [0.15, 0.2) is 0 Å². The van der Waals surface area contributed by atoms with Gasteiger partial charge in [-0.3, -0.25) is 4.90 Å². The summed E-state index contributed by atoms with van der Waals surface area (Å²) in [6.45, 7) is 6.48. The van der Waals surface area contributed by atoms with Crippen molar-refractivity contribution < 1.29 is 19.1 Å². The number of hydrogen-bond donors (Lipinski definition) is 0. The van der Waals surface area contributed by atoms with Gasteiger partial charge < -0.3 is 9.47 Å². The largest absolute Gasteiger partial charge is 0.464 e. The average Bonchev–Trinajstić information content (AvgIpc) is 2.97. The molecule has 0 N–H and O–H groups in total. The second kappa shape index (κ2) is 5.16. The van der Waals surface area contributed by atoms with Crippen LogP contribution in [0.25, 0.3) is 0 Å². The molecule has 0 bridgehead atoms. The molecule has 18 heavy (non-hydrogen) atoms. The first-order chi connectivity index (χ1) is 8.54. The number of amides is 1. The van der Waals surface area contributed by atoms with Gasteiger partial charge >= 0.3 is 12.1 Å². The summed E-state index contributed by atoms with van der Waals surface area (Å²) in [5.41, 5.74) is 0. The monoisotopic (exact) mass is 255 g/mol. The first-order valence-electron chi connectivity index (χ1n) is 6.66. The van der Waals surface area contributed by atoms with Gasteiger partial charge in [-0.1, -0.05) is 13.8 Å². The Balaban J connectivity index is 1.95. The van der Waals surface area contributed by atoms with Gasteiger partial charge in [0.25, 0.3) is 0 Å².